The van der Waals surface area contributed by atoms with Crippen molar-refractivity contribution < 1.29 is 9.90 Å². The lowest BCUT2D eigenvalue weighted by Gasteiger charge is -2.43. The summed E-state index contributed by atoms with van der Waals surface area (Å²) in [7, 11) is 0. The van der Waals surface area contributed by atoms with E-state index in [0.717, 1.165) is 33.5 Å². The average Bonchev–Trinajstić information content (AvgIpc) is 3.00. The number of amides is 1. The first kappa shape index (κ1) is 13.8. The van der Waals surface area contributed by atoms with Gasteiger partial charge in [-0.3, -0.25) is 9.69 Å². The minimum Gasteiger partial charge on any atom is -0.386 e. The van der Waals surface area contributed by atoms with Gasteiger partial charge in [0.25, 0.3) is 5.91 Å². The van der Waals surface area contributed by atoms with Gasteiger partial charge in [0.15, 0.2) is 0 Å². The van der Waals surface area contributed by atoms with Crippen LogP contribution < -0.4 is 0 Å². The molecular weight excluding hydrogens is 298 g/mol. The Labute approximate surface area is 140 Å². The molecule has 2 aromatic rings. The SMILES string of the molecule is CC1=C2c3ccccc3[C@@H](O)[C@]2(C)N2C(=O)c3ccccc3C2=C1. The summed E-state index contributed by atoms with van der Waals surface area (Å²) in [5.41, 5.74) is 5.89. The van der Waals surface area contributed by atoms with Gasteiger partial charge >= 0.3 is 0 Å². The molecule has 0 aromatic heterocycles. The molecule has 1 aliphatic carbocycles. The van der Waals surface area contributed by atoms with E-state index in [0.29, 0.717) is 5.56 Å². The topological polar surface area (TPSA) is 40.5 Å². The molecule has 24 heavy (non-hydrogen) atoms. The van der Waals surface area contributed by atoms with E-state index in [1.807, 2.05) is 55.5 Å². The fourth-order valence-electron chi connectivity index (χ4n) is 4.64. The molecule has 0 spiro atoms. The van der Waals surface area contributed by atoms with Gasteiger partial charge in [-0.1, -0.05) is 42.5 Å². The number of carbonyl (C=O) groups is 1. The number of hydrogen-bond acceptors (Lipinski definition) is 2. The minimum atomic E-state index is -0.770. The molecule has 0 radical (unpaired) electrons. The lowest BCUT2D eigenvalue weighted by Crippen LogP contribution is -2.50. The average molecular weight is 315 g/mol. The monoisotopic (exact) mass is 315 g/mol. The molecule has 2 heterocycles. The van der Waals surface area contributed by atoms with Gasteiger partial charge in [0, 0.05) is 11.1 Å². The number of nitrogens with zero attached hydrogens (tertiary/aromatic N) is 1. The van der Waals surface area contributed by atoms with Crippen molar-refractivity contribution in [3.8, 4) is 0 Å². The third-order valence-electron chi connectivity index (χ3n) is 5.65. The Kier molecular flexibility index (Phi) is 2.44. The summed E-state index contributed by atoms with van der Waals surface area (Å²) in [4.78, 5) is 14.9. The summed E-state index contributed by atoms with van der Waals surface area (Å²) < 4.78 is 0. The molecule has 5 rings (SSSR count). The van der Waals surface area contributed by atoms with Crippen molar-refractivity contribution in [2.75, 3.05) is 0 Å². The molecule has 0 saturated heterocycles. The maximum Gasteiger partial charge on any atom is 0.259 e. The second-order valence-corrected chi connectivity index (χ2v) is 6.91. The van der Waals surface area contributed by atoms with Gasteiger partial charge in [-0.15, -0.1) is 0 Å². The molecule has 3 aliphatic rings. The Morgan fingerprint density at radius 1 is 1.00 bits per heavy atom. The van der Waals surface area contributed by atoms with Crippen molar-refractivity contribution in [3.05, 3.63) is 82.4 Å². The number of fused-ring (bicyclic) bond motifs is 7. The molecular formula is C21H17NO2. The van der Waals surface area contributed by atoms with Crippen molar-refractivity contribution in [2.45, 2.75) is 25.5 Å². The second-order valence-electron chi connectivity index (χ2n) is 6.91. The van der Waals surface area contributed by atoms with Crippen LogP contribution in [0.3, 0.4) is 0 Å². The molecule has 2 aromatic carbocycles. The van der Waals surface area contributed by atoms with Crippen molar-refractivity contribution >= 4 is 17.2 Å². The number of benzene rings is 2. The minimum absolute atomic E-state index is 0.0313. The molecule has 0 fully saturated rings. The van der Waals surface area contributed by atoms with Crippen LogP contribution in [0.2, 0.25) is 0 Å². The number of hydrogen-bond donors (Lipinski definition) is 1. The lowest BCUT2D eigenvalue weighted by molar-refractivity contribution is 0.0422. The van der Waals surface area contributed by atoms with Crippen LogP contribution in [0.1, 0.15) is 47.0 Å². The smallest absolute Gasteiger partial charge is 0.259 e. The summed E-state index contributed by atoms with van der Waals surface area (Å²) in [6.07, 6.45) is 1.34. The summed E-state index contributed by atoms with van der Waals surface area (Å²) >= 11 is 0. The van der Waals surface area contributed by atoms with Crippen LogP contribution in [0.25, 0.3) is 11.3 Å². The summed E-state index contributed by atoms with van der Waals surface area (Å²) in [6.45, 7) is 4.05. The number of rotatable bonds is 0. The Balaban J connectivity index is 1.84. The standard InChI is InChI=1S/C21H17NO2/c1-12-11-17-13-7-3-6-10-16(13)20(24)22(17)21(2)18(12)14-8-4-5-9-15(14)19(21)23/h3-11,19,23H,1-2H3/t19-,21-/m1/s1. The molecule has 1 amide bonds. The zero-order valence-corrected chi connectivity index (χ0v) is 13.6. The van der Waals surface area contributed by atoms with Gasteiger partial charge in [-0.2, -0.15) is 0 Å². The lowest BCUT2D eigenvalue weighted by atomic mass is 9.82. The molecule has 0 unspecified atom stereocenters. The molecule has 0 bridgehead atoms. The normalized spacial score (nSPS) is 26.8. The van der Waals surface area contributed by atoms with Crippen molar-refractivity contribution in [1.29, 1.82) is 0 Å². The van der Waals surface area contributed by atoms with Crippen LogP contribution in [-0.4, -0.2) is 21.5 Å². The summed E-state index contributed by atoms with van der Waals surface area (Å²) in [6, 6.07) is 15.6. The van der Waals surface area contributed by atoms with E-state index in [4.69, 9.17) is 0 Å². The van der Waals surface area contributed by atoms with Crippen molar-refractivity contribution in [2.24, 2.45) is 0 Å². The van der Waals surface area contributed by atoms with Gasteiger partial charge in [-0.25, -0.2) is 0 Å². The molecule has 3 heteroatoms. The molecule has 0 saturated carbocycles. The van der Waals surface area contributed by atoms with Crippen LogP contribution in [0, 0.1) is 0 Å². The van der Waals surface area contributed by atoms with E-state index in [1.54, 1.807) is 4.90 Å². The molecule has 3 nitrogen and oxygen atoms in total. The Morgan fingerprint density at radius 2 is 1.62 bits per heavy atom. The maximum absolute atomic E-state index is 13.1. The van der Waals surface area contributed by atoms with Crippen LogP contribution in [-0.2, 0) is 0 Å². The van der Waals surface area contributed by atoms with Gasteiger partial charge < -0.3 is 5.11 Å². The predicted octanol–water partition coefficient (Wildman–Crippen LogP) is 3.78. The highest BCUT2D eigenvalue weighted by molar-refractivity contribution is 6.13. The quantitative estimate of drug-likeness (QED) is 0.804. The van der Waals surface area contributed by atoms with Crippen LogP contribution in [0.4, 0.5) is 0 Å². The third kappa shape index (κ3) is 1.35. The Hall–Kier alpha value is -2.65. The number of aliphatic hydroxyl groups excluding tert-OH is 1. The fourth-order valence-corrected chi connectivity index (χ4v) is 4.64. The highest BCUT2D eigenvalue weighted by Gasteiger charge is 2.56. The molecule has 118 valence electrons. The Bertz CT molecular complexity index is 985. The van der Waals surface area contributed by atoms with E-state index >= 15 is 0 Å². The van der Waals surface area contributed by atoms with Gasteiger partial charge in [0.05, 0.1) is 5.70 Å². The maximum atomic E-state index is 13.1. The zero-order valence-electron chi connectivity index (χ0n) is 13.6. The highest BCUT2D eigenvalue weighted by Crippen LogP contribution is 2.58. The number of carbonyl (C=O) groups excluding carboxylic acids is 1. The van der Waals surface area contributed by atoms with E-state index in [2.05, 4.69) is 13.0 Å². The molecule has 1 N–H and O–H groups in total. The molecule has 2 atom stereocenters. The highest BCUT2D eigenvalue weighted by atomic mass is 16.3. The van der Waals surface area contributed by atoms with E-state index in [-0.39, 0.29) is 5.91 Å². The van der Waals surface area contributed by atoms with E-state index in [9.17, 15) is 9.90 Å². The van der Waals surface area contributed by atoms with Crippen LogP contribution >= 0.6 is 0 Å². The number of aliphatic hydroxyl groups is 1. The van der Waals surface area contributed by atoms with Crippen molar-refractivity contribution in [1.82, 2.24) is 4.90 Å². The summed E-state index contributed by atoms with van der Waals surface area (Å²) in [5, 5.41) is 11.1. The molecule has 2 aliphatic heterocycles. The van der Waals surface area contributed by atoms with Gasteiger partial charge in [-0.05, 0) is 48.3 Å². The Morgan fingerprint density at radius 3 is 2.38 bits per heavy atom. The van der Waals surface area contributed by atoms with E-state index in [1.165, 1.54) is 0 Å². The largest absolute Gasteiger partial charge is 0.386 e. The third-order valence-corrected chi connectivity index (χ3v) is 5.65. The van der Waals surface area contributed by atoms with Gasteiger partial charge in [0.2, 0.25) is 0 Å². The number of allylic oxidation sites excluding steroid dienone is 2. The van der Waals surface area contributed by atoms with E-state index < -0.39 is 11.6 Å². The fraction of sp³-hybridized carbons (Fsp3) is 0.190. The second kappa shape index (κ2) is 4.25. The predicted molar refractivity (Wildman–Crippen MR) is 93.0 cm³/mol. The van der Waals surface area contributed by atoms with Gasteiger partial charge in [0.1, 0.15) is 11.6 Å². The first-order valence-corrected chi connectivity index (χ1v) is 8.19. The first-order chi connectivity index (χ1) is 11.5. The van der Waals surface area contributed by atoms with Crippen LogP contribution in [0.15, 0.2) is 60.2 Å². The van der Waals surface area contributed by atoms with Crippen LogP contribution in [0.5, 0.6) is 0 Å². The van der Waals surface area contributed by atoms with Crippen molar-refractivity contribution in [3.63, 3.8) is 0 Å². The summed E-state index contributed by atoms with van der Waals surface area (Å²) in [5.74, 6) is -0.0313. The first-order valence-electron chi connectivity index (χ1n) is 8.19. The zero-order chi connectivity index (χ0) is 16.6.